The number of carbonyl (C=O) groups is 1. The molecule has 0 aromatic carbocycles. The Labute approximate surface area is 50.2 Å². The molecule has 0 aromatic rings. The van der Waals surface area contributed by atoms with Crippen molar-refractivity contribution in [3.05, 3.63) is 0 Å². The van der Waals surface area contributed by atoms with Crippen LogP contribution in [0.2, 0.25) is 0 Å². The van der Waals surface area contributed by atoms with E-state index >= 15 is 0 Å². The van der Waals surface area contributed by atoms with Gasteiger partial charge in [0.15, 0.2) is 5.78 Å². The largest absolute Gasteiger partial charge is 1.00 e. The molecule has 0 bridgehead atoms. The summed E-state index contributed by atoms with van der Waals surface area (Å²) >= 11 is 0. The summed E-state index contributed by atoms with van der Waals surface area (Å²) in [7, 11) is 0. The second-order valence-electron chi connectivity index (χ2n) is 0.860. The van der Waals surface area contributed by atoms with Crippen LogP contribution in [0.4, 0.5) is 0 Å². The van der Waals surface area contributed by atoms with Gasteiger partial charge >= 0.3 is 18.9 Å². The van der Waals surface area contributed by atoms with Crippen molar-refractivity contribution in [1.29, 1.82) is 0 Å². The molecule has 0 aromatic heterocycles. The number of aliphatic hydroxyl groups excluding tert-OH is 1. The van der Waals surface area contributed by atoms with Crippen LogP contribution in [0, 0.1) is 0 Å². The van der Waals surface area contributed by atoms with Gasteiger partial charge in [0.1, 0.15) is 6.61 Å². The van der Waals surface area contributed by atoms with E-state index in [4.69, 9.17) is 5.11 Å². The maximum absolute atomic E-state index is 9.56. The normalized spacial score (nSPS) is 6.33. The molecule has 0 heterocycles. The average molecular weight is 82.0 g/mol. The van der Waals surface area contributed by atoms with Crippen LogP contribution in [0.25, 0.3) is 0 Å². The molecule has 32 valence electrons. The molecule has 6 heavy (non-hydrogen) atoms. The van der Waals surface area contributed by atoms with Crippen molar-refractivity contribution >= 4 is 5.78 Å². The van der Waals surface area contributed by atoms with E-state index in [1.807, 2.05) is 0 Å². The Balaban J connectivity index is -0.0000000800. The molecule has 1 N–H and O–H groups in total. The van der Waals surface area contributed by atoms with E-state index in [1.165, 1.54) is 6.92 Å². The van der Waals surface area contributed by atoms with Crippen LogP contribution >= 0.6 is 0 Å². The van der Waals surface area contributed by atoms with Crippen molar-refractivity contribution < 1.29 is 30.2 Å². The first kappa shape index (κ1) is 9.52. The van der Waals surface area contributed by atoms with E-state index in [9.17, 15) is 4.79 Å². The van der Waals surface area contributed by atoms with Crippen molar-refractivity contribution in [2.75, 3.05) is 6.61 Å². The summed E-state index contributed by atoms with van der Waals surface area (Å²) in [6, 6.07) is 0. The maximum atomic E-state index is 9.56. The molecule has 0 radical (unpaired) electrons. The molecule has 2 nitrogen and oxygen atoms in total. The van der Waals surface area contributed by atoms with Gasteiger partial charge in [0.25, 0.3) is 0 Å². The number of Topliss-reactive ketones (excluding diaryl/α,β-unsaturated/α-hetero) is 1. The topological polar surface area (TPSA) is 37.3 Å². The van der Waals surface area contributed by atoms with Crippen LogP contribution < -0.4 is 18.9 Å². The predicted octanol–water partition coefficient (Wildman–Crippen LogP) is -3.32. The van der Waals surface area contributed by atoms with Gasteiger partial charge in [0, 0.05) is 0 Å². The Kier molecular flexibility index (Phi) is 8.30. The third-order valence-corrected chi connectivity index (χ3v) is 0.223. The average Bonchev–Trinajstić information content (AvgIpc) is 1.38. The molecule has 0 saturated heterocycles. The fourth-order valence-corrected chi connectivity index (χ4v) is 0. The van der Waals surface area contributed by atoms with Gasteiger partial charge in [0.05, 0.1) is 0 Å². The standard InChI is InChI=1S/C3H6O2.Li.H/c1-3(5)2-4;;/h4H,2H2,1H3;;/q;+1;-1. The van der Waals surface area contributed by atoms with Crippen LogP contribution in [-0.4, -0.2) is 17.5 Å². The Morgan fingerprint density at radius 2 is 2.17 bits per heavy atom. The molecule has 0 aliphatic heterocycles. The number of carbonyl (C=O) groups excluding carboxylic acids is 1. The van der Waals surface area contributed by atoms with Gasteiger partial charge in [-0.2, -0.15) is 0 Å². The Morgan fingerprint density at radius 3 is 2.17 bits per heavy atom. The number of aliphatic hydroxyl groups is 1. The van der Waals surface area contributed by atoms with Crippen LogP contribution in [0.3, 0.4) is 0 Å². The van der Waals surface area contributed by atoms with Gasteiger partial charge in [0.2, 0.25) is 0 Å². The van der Waals surface area contributed by atoms with Crippen molar-refractivity contribution in [1.82, 2.24) is 0 Å². The van der Waals surface area contributed by atoms with Gasteiger partial charge in [-0.25, -0.2) is 0 Å². The predicted molar refractivity (Wildman–Crippen MR) is 18.9 cm³/mol. The van der Waals surface area contributed by atoms with E-state index in [2.05, 4.69) is 0 Å². The van der Waals surface area contributed by atoms with Gasteiger partial charge in [-0.3, -0.25) is 4.79 Å². The Morgan fingerprint density at radius 1 is 2.00 bits per heavy atom. The monoisotopic (exact) mass is 82.1 g/mol. The number of rotatable bonds is 1. The van der Waals surface area contributed by atoms with E-state index in [-0.39, 0.29) is 32.7 Å². The van der Waals surface area contributed by atoms with Crippen LogP contribution in [0.15, 0.2) is 0 Å². The summed E-state index contributed by atoms with van der Waals surface area (Å²) in [6.45, 7) is 1.000. The summed E-state index contributed by atoms with van der Waals surface area (Å²) in [6.07, 6.45) is 0. The first-order valence-corrected chi connectivity index (χ1v) is 1.37. The Hall–Kier alpha value is 0.227. The zero-order valence-electron chi connectivity index (χ0n) is 5.06. The second kappa shape index (κ2) is 5.23. The molecule has 0 fully saturated rings. The van der Waals surface area contributed by atoms with Crippen molar-refractivity contribution in [2.24, 2.45) is 0 Å². The minimum Gasteiger partial charge on any atom is -1.00 e. The molecule has 3 heteroatoms. The van der Waals surface area contributed by atoms with Gasteiger partial charge in [-0.15, -0.1) is 0 Å². The maximum Gasteiger partial charge on any atom is 1.00 e. The van der Waals surface area contributed by atoms with Gasteiger partial charge in [-0.05, 0) is 6.92 Å². The van der Waals surface area contributed by atoms with Crippen LogP contribution in [-0.2, 0) is 4.79 Å². The zero-order valence-corrected chi connectivity index (χ0v) is 4.06. The van der Waals surface area contributed by atoms with Crippen LogP contribution in [0.1, 0.15) is 8.35 Å². The number of hydrogen-bond donors (Lipinski definition) is 1. The fourth-order valence-electron chi connectivity index (χ4n) is 0. The smallest absolute Gasteiger partial charge is 1.00 e. The molecule has 0 atom stereocenters. The summed E-state index contributed by atoms with van der Waals surface area (Å²) in [4.78, 5) is 9.56. The minimum atomic E-state index is -0.333. The molecule has 0 saturated carbocycles. The quantitative estimate of drug-likeness (QED) is 0.336. The van der Waals surface area contributed by atoms with Crippen molar-refractivity contribution in [3.63, 3.8) is 0 Å². The van der Waals surface area contributed by atoms with E-state index in [0.717, 1.165) is 0 Å². The zero-order chi connectivity index (χ0) is 4.28. The number of hydrogen-bond acceptors (Lipinski definition) is 2. The van der Waals surface area contributed by atoms with Crippen molar-refractivity contribution in [2.45, 2.75) is 6.92 Å². The van der Waals surface area contributed by atoms with Crippen molar-refractivity contribution in [3.8, 4) is 0 Å². The second-order valence-corrected chi connectivity index (χ2v) is 0.860. The first-order valence-electron chi connectivity index (χ1n) is 1.37. The van der Waals surface area contributed by atoms with Gasteiger partial charge in [-0.1, -0.05) is 0 Å². The van der Waals surface area contributed by atoms with Crippen LogP contribution in [0.5, 0.6) is 0 Å². The Bertz CT molecular complexity index is 48.2. The number of ketones is 1. The third kappa shape index (κ3) is 8.88. The SMILES string of the molecule is CC(=O)CO.[H-].[Li+]. The summed E-state index contributed by atoms with van der Waals surface area (Å²) in [5.74, 6) is -0.190. The molecular formula is C3H7LiO2. The summed E-state index contributed by atoms with van der Waals surface area (Å²) in [5, 5.41) is 7.79. The summed E-state index contributed by atoms with van der Waals surface area (Å²) in [5.41, 5.74) is 0. The molecule has 0 unspecified atom stereocenters. The van der Waals surface area contributed by atoms with E-state index < -0.39 is 0 Å². The first-order chi connectivity index (χ1) is 2.27. The molecule has 0 aliphatic rings. The molecule has 0 rings (SSSR count). The molecular weight excluding hydrogens is 75.0 g/mol. The third-order valence-electron chi connectivity index (χ3n) is 0.223. The fraction of sp³-hybridized carbons (Fsp3) is 0.667. The van der Waals surface area contributed by atoms with E-state index in [1.54, 1.807) is 0 Å². The molecule has 0 spiro atoms. The molecule has 0 amide bonds. The summed E-state index contributed by atoms with van der Waals surface area (Å²) < 4.78 is 0. The molecule has 0 aliphatic carbocycles. The van der Waals surface area contributed by atoms with Gasteiger partial charge < -0.3 is 6.53 Å². The minimum absolute atomic E-state index is 0. The van der Waals surface area contributed by atoms with E-state index in [0.29, 0.717) is 0 Å².